The average molecular weight is 1340 g/mol. The van der Waals surface area contributed by atoms with Gasteiger partial charge in [0, 0.05) is 50.5 Å². The Morgan fingerprint density at radius 2 is 1.68 bits per heavy atom. The SMILES string of the molecule is CC1COc2ccccc2N1C(=O)C(Cl)Cl.CCNc1nc(Cl)nc(NC(C)C)n1.CCc1cccc(C)c1N(C(=O)CCl)C(C)COC.COC(=O)CSc1cc(/N=c2\sc(=O)n3n2CCCC3)c(F)cc1Cl.CP(=O)(O)CCC(N)C(=O)O. The van der Waals surface area contributed by atoms with Gasteiger partial charge in [0.05, 0.1) is 48.0 Å². The van der Waals surface area contributed by atoms with Gasteiger partial charge in [0.2, 0.25) is 27.9 Å². The molecule has 3 aromatic carbocycles. The van der Waals surface area contributed by atoms with Crippen LogP contribution in [0.1, 0.15) is 71.9 Å². The van der Waals surface area contributed by atoms with Crippen LogP contribution in [0.5, 0.6) is 5.75 Å². The number of thioether (sulfide) groups is 1. The Balaban J connectivity index is 0.000000286. The summed E-state index contributed by atoms with van der Waals surface area (Å²) in [6.07, 6.45) is 2.77. The molecule has 0 saturated heterocycles. The number of aryl methyl sites for hydroxylation is 2. The van der Waals surface area contributed by atoms with E-state index in [9.17, 15) is 32.9 Å². The van der Waals surface area contributed by atoms with Crippen molar-refractivity contribution < 1.29 is 52.3 Å². The molecule has 0 bridgehead atoms. The number of halogens is 6. The van der Waals surface area contributed by atoms with Crippen LogP contribution >= 0.6 is 88.5 Å². The first kappa shape index (κ1) is 74.2. The molecule has 0 saturated carbocycles. The van der Waals surface area contributed by atoms with Crippen molar-refractivity contribution in [2.45, 2.75) is 121 Å². The molecule has 0 aliphatic carbocycles. The molecular weight excluding hydrogens is 1270 g/mol. The number of nitrogens with two attached hydrogens (primary N) is 1. The fraction of sp³-hybridized carbons (Fsp3) is 0.500. The van der Waals surface area contributed by atoms with Gasteiger partial charge < -0.3 is 50.4 Å². The van der Waals surface area contributed by atoms with E-state index in [1.165, 1.54) is 19.8 Å². The monoisotopic (exact) mass is 1340 g/mol. The zero-order chi connectivity index (χ0) is 63.7. The van der Waals surface area contributed by atoms with Crippen molar-refractivity contribution in [3.05, 3.63) is 96.3 Å². The highest BCUT2D eigenvalue weighted by atomic mass is 35.5. The number of rotatable bonds is 19. The molecule has 4 unspecified atom stereocenters. The summed E-state index contributed by atoms with van der Waals surface area (Å²) < 4.78 is 43.6. The fourth-order valence-electron chi connectivity index (χ4n) is 7.91. The summed E-state index contributed by atoms with van der Waals surface area (Å²) in [6, 6.07) is 15.2. The number of alkyl halides is 3. The summed E-state index contributed by atoms with van der Waals surface area (Å²) in [5.41, 5.74) is 9.11. The van der Waals surface area contributed by atoms with Gasteiger partial charge in [0.15, 0.2) is 12.2 Å². The maximum atomic E-state index is 14.3. The highest BCUT2D eigenvalue weighted by Crippen LogP contribution is 2.37. The van der Waals surface area contributed by atoms with Gasteiger partial charge in [0.1, 0.15) is 35.8 Å². The van der Waals surface area contributed by atoms with Crippen molar-refractivity contribution in [2.75, 3.05) is 78.9 Å². The second kappa shape index (κ2) is 36.9. The molecule has 22 nitrogen and oxygen atoms in total. The van der Waals surface area contributed by atoms with Crippen LogP contribution in [-0.2, 0) is 52.7 Å². The molecule has 4 heterocycles. The zero-order valence-electron chi connectivity index (χ0n) is 48.8. The van der Waals surface area contributed by atoms with E-state index in [-0.39, 0.29) is 75.0 Å². The van der Waals surface area contributed by atoms with Gasteiger partial charge in [-0.05, 0) is 126 Å². The molecular formula is C54H74Cl5FN11O11PS2. The number of carbonyl (C=O) groups is 4. The molecule has 2 aliphatic rings. The maximum absolute atomic E-state index is 14.3. The van der Waals surface area contributed by atoms with E-state index < -0.39 is 36.0 Å². The van der Waals surface area contributed by atoms with Crippen molar-refractivity contribution in [2.24, 2.45) is 10.7 Å². The number of carbonyl (C=O) groups excluding carboxylic acids is 3. The van der Waals surface area contributed by atoms with E-state index in [1.54, 1.807) is 26.3 Å². The van der Waals surface area contributed by atoms with Gasteiger partial charge in [-0.1, -0.05) is 72.1 Å². The highest BCUT2D eigenvalue weighted by molar-refractivity contribution is 8.00. The van der Waals surface area contributed by atoms with Gasteiger partial charge in [-0.15, -0.1) is 23.4 Å². The Hall–Kier alpha value is -5.05. The largest absolute Gasteiger partial charge is 0.489 e. The van der Waals surface area contributed by atoms with E-state index in [2.05, 4.69) is 48.3 Å². The molecule has 85 heavy (non-hydrogen) atoms. The third-order valence-electron chi connectivity index (χ3n) is 11.9. The number of aromatic nitrogens is 5. The van der Waals surface area contributed by atoms with Crippen LogP contribution in [0, 0.1) is 12.7 Å². The Morgan fingerprint density at radius 3 is 2.27 bits per heavy atom. The van der Waals surface area contributed by atoms with Crippen molar-refractivity contribution >= 4 is 141 Å². The number of hydrogen-bond donors (Lipinski definition) is 5. The summed E-state index contributed by atoms with van der Waals surface area (Å²) in [5.74, 6) is -0.811. The lowest BCUT2D eigenvalue weighted by atomic mass is 10.0. The number of nitrogens with one attached hydrogen (secondary N) is 2. The molecule has 0 fully saturated rings. The van der Waals surface area contributed by atoms with Crippen LogP contribution in [0.4, 0.5) is 33.3 Å². The first-order valence-corrected chi connectivity index (χ1v) is 32.9. The molecule has 0 radical (unpaired) electrons. The lowest BCUT2D eigenvalue weighted by Crippen LogP contribution is -2.47. The molecule has 2 aliphatic heterocycles. The van der Waals surface area contributed by atoms with Crippen LogP contribution in [0.15, 0.2) is 69.3 Å². The second-order valence-electron chi connectivity index (χ2n) is 19.2. The lowest BCUT2D eigenvalue weighted by Gasteiger charge is -2.35. The van der Waals surface area contributed by atoms with Gasteiger partial charge in [-0.2, -0.15) is 15.0 Å². The average Bonchev–Trinajstić information content (AvgIpc) is 2.91. The first-order valence-electron chi connectivity index (χ1n) is 26.6. The predicted octanol–water partition coefficient (Wildman–Crippen LogP) is 10.0. The van der Waals surface area contributed by atoms with Crippen LogP contribution in [-0.4, -0.2) is 146 Å². The van der Waals surface area contributed by atoms with Crippen molar-refractivity contribution in [1.82, 2.24) is 24.3 Å². The number of methoxy groups -OCH3 is 2. The number of hydrogen-bond acceptors (Lipinski definition) is 18. The Morgan fingerprint density at radius 1 is 1.02 bits per heavy atom. The number of benzene rings is 3. The summed E-state index contributed by atoms with van der Waals surface area (Å²) >= 11 is 30.9. The smallest absolute Gasteiger partial charge is 0.325 e. The van der Waals surface area contributed by atoms with E-state index >= 15 is 0 Å². The quantitative estimate of drug-likeness (QED) is 0.0222. The summed E-state index contributed by atoms with van der Waals surface area (Å²) in [7, 11) is -0.168. The van der Waals surface area contributed by atoms with E-state index in [4.69, 9.17) is 83.2 Å². The molecule has 4 atom stereocenters. The van der Waals surface area contributed by atoms with Crippen molar-refractivity contribution in [3.63, 3.8) is 0 Å². The Labute approximate surface area is 527 Å². The molecule has 0 spiro atoms. The third-order valence-corrected chi connectivity index (χ3v) is 16.0. The van der Waals surface area contributed by atoms with Crippen LogP contribution in [0.25, 0.3) is 0 Å². The van der Waals surface area contributed by atoms with Gasteiger partial charge in [-0.25, -0.2) is 14.1 Å². The van der Waals surface area contributed by atoms with Crippen LogP contribution < -0.4 is 40.6 Å². The second-order valence-corrected chi connectivity index (χ2v) is 25.8. The third kappa shape index (κ3) is 24.2. The molecule has 7 rings (SSSR count). The molecule has 470 valence electrons. The van der Waals surface area contributed by atoms with Crippen molar-refractivity contribution in [3.8, 4) is 5.75 Å². The number of nitrogens with zero attached hydrogens (tertiary/aromatic N) is 8. The number of ether oxygens (including phenoxy) is 3. The minimum absolute atomic E-state index is 0.0223. The number of carboxylic acids is 1. The number of esters is 1. The summed E-state index contributed by atoms with van der Waals surface area (Å²) in [6.45, 7) is 18.1. The van der Waals surface area contributed by atoms with E-state index in [0.717, 1.165) is 77.5 Å². The van der Waals surface area contributed by atoms with E-state index in [0.29, 0.717) is 53.6 Å². The molecule has 31 heteroatoms. The molecule has 2 amide bonds. The normalized spacial score (nSPS) is 14.8. The standard InChI is InChI=1S/C15H15ClFN3O3S2.C15H22ClNO2.C11H11Cl2NO2.C8H14ClN5.C5H12NO4P/c1-23-13(21)8-24-12-7-11(10(17)6-9(12)16)18-14-19-4-2-3-5-20(19)15(22)25-14;1-5-13-8-6-7-11(2)15(13)17(14(18)9-16)12(3)10-19-4;1-7-6-16-9-5-3-2-4-8(9)14(7)11(15)10(12)13;1-4-10-7-12-6(9)13-8(14-7)11-5(2)3;1-11(9,10)3-2-4(6)5(7)8/h6-7H,2-5,8H2,1H3;6-8,12H,5,9-10H2,1-4H3;2-5,7,10H,6H2,1H3;5H,4H2,1-3H3,(H2,10,11,12,13,14);4H,2-3,6H2,1H3,(H,7,8)(H,9,10)/b18-14-;;;;. The minimum Gasteiger partial charge on any atom is -0.489 e. The van der Waals surface area contributed by atoms with Gasteiger partial charge in [-0.3, -0.25) is 33.2 Å². The lowest BCUT2D eigenvalue weighted by molar-refractivity contribution is -0.139. The minimum atomic E-state index is -3.10. The number of fused-ring (bicyclic) bond motifs is 2. The number of aliphatic carboxylic acids is 1. The molecule has 6 N–H and O–H groups in total. The number of carboxylic acid groups (broad SMARTS) is 1. The summed E-state index contributed by atoms with van der Waals surface area (Å²) in [5, 5.41) is 14.7. The van der Waals surface area contributed by atoms with Gasteiger partial charge in [0.25, 0.3) is 5.91 Å². The molecule has 5 aromatic rings. The van der Waals surface area contributed by atoms with Gasteiger partial charge >= 0.3 is 16.8 Å². The maximum Gasteiger partial charge on any atom is 0.325 e. The Bertz CT molecular complexity index is 3190. The van der Waals surface area contributed by atoms with Crippen molar-refractivity contribution in [1.29, 1.82) is 0 Å². The number of para-hydroxylation sites is 3. The molecule has 2 aromatic heterocycles. The first-order chi connectivity index (χ1) is 40.1. The predicted molar refractivity (Wildman–Crippen MR) is 338 cm³/mol. The van der Waals surface area contributed by atoms with E-state index in [1.807, 2.05) is 77.9 Å². The number of amides is 2. The van der Waals surface area contributed by atoms with Crippen LogP contribution in [0.3, 0.4) is 0 Å². The number of anilines is 4. The fourth-order valence-corrected chi connectivity index (χ4v) is 11.1. The Kier molecular flexibility index (Phi) is 32.3. The zero-order valence-corrected chi connectivity index (χ0v) is 55.1. The summed E-state index contributed by atoms with van der Waals surface area (Å²) in [4.78, 5) is 85.8. The highest BCUT2D eigenvalue weighted by Gasteiger charge is 2.32. The van der Waals surface area contributed by atoms with Crippen LogP contribution in [0.2, 0.25) is 10.3 Å². The topological polar surface area (TPSA) is 288 Å².